The van der Waals surface area contributed by atoms with Crippen molar-refractivity contribution in [3.8, 4) is 5.75 Å². The van der Waals surface area contributed by atoms with Crippen LogP contribution in [0.15, 0.2) is 33.5 Å². The first-order valence-corrected chi connectivity index (χ1v) is 9.46. The van der Waals surface area contributed by atoms with Gasteiger partial charge < -0.3 is 44.5 Å². The number of hydrogen-bond acceptors (Lipinski definition) is 10. The molecule has 3 rings (SSSR count). The molecule has 1 fully saturated rings. The molecule has 10 nitrogen and oxygen atoms in total. The first-order chi connectivity index (χ1) is 14.0. The number of aromatic hydroxyl groups is 1. The SMILES string of the molecule is CC(C)(O[C@@H]1O[C@H](CO)[C@@H](O)[C@H](O)[C@H]1O)[C@@H](O)Cc1c(O)ccc2ccc(=O)oc12. The van der Waals surface area contributed by atoms with Crippen molar-refractivity contribution in [1.82, 2.24) is 0 Å². The molecule has 1 aliphatic rings. The molecule has 1 saturated heterocycles. The summed E-state index contributed by atoms with van der Waals surface area (Å²) in [5.41, 5.74) is -1.66. The van der Waals surface area contributed by atoms with Crippen LogP contribution in [0.2, 0.25) is 0 Å². The zero-order chi connectivity index (χ0) is 22.2. The molecule has 6 N–H and O–H groups in total. The predicted molar refractivity (Wildman–Crippen MR) is 103 cm³/mol. The number of rotatable bonds is 6. The second-order valence-electron chi connectivity index (χ2n) is 7.87. The third-order valence-electron chi connectivity index (χ3n) is 5.34. The van der Waals surface area contributed by atoms with Crippen molar-refractivity contribution >= 4 is 11.0 Å². The Labute approximate surface area is 171 Å². The van der Waals surface area contributed by atoms with E-state index in [1.807, 2.05) is 0 Å². The summed E-state index contributed by atoms with van der Waals surface area (Å²) < 4.78 is 16.2. The normalized spacial score (nSPS) is 28.6. The molecule has 0 unspecified atom stereocenters. The molecule has 2 aromatic rings. The van der Waals surface area contributed by atoms with Gasteiger partial charge in [0.15, 0.2) is 6.29 Å². The largest absolute Gasteiger partial charge is 0.508 e. The van der Waals surface area contributed by atoms with Gasteiger partial charge in [-0.05, 0) is 32.0 Å². The zero-order valence-corrected chi connectivity index (χ0v) is 16.5. The average Bonchev–Trinajstić information content (AvgIpc) is 2.70. The van der Waals surface area contributed by atoms with Gasteiger partial charge in [-0.25, -0.2) is 4.79 Å². The van der Waals surface area contributed by atoms with E-state index in [0.29, 0.717) is 5.39 Å². The summed E-state index contributed by atoms with van der Waals surface area (Å²) in [7, 11) is 0. The molecule has 1 aliphatic heterocycles. The highest BCUT2D eigenvalue weighted by atomic mass is 16.7. The minimum atomic E-state index is -1.63. The van der Waals surface area contributed by atoms with Crippen molar-refractivity contribution in [2.75, 3.05) is 6.61 Å². The Morgan fingerprint density at radius 1 is 1.10 bits per heavy atom. The van der Waals surface area contributed by atoms with Gasteiger partial charge in [0.1, 0.15) is 35.7 Å². The Balaban J connectivity index is 1.82. The monoisotopic (exact) mass is 426 g/mol. The average molecular weight is 426 g/mol. The highest BCUT2D eigenvalue weighted by Crippen LogP contribution is 2.32. The summed E-state index contributed by atoms with van der Waals surface area (Å²) in [6.45, 7) is 2.38. The quantitative estimate of drug-likeness (QED) is 0.315. The summed E-state index contributed by atoms with van der Waals surface area (Å²) in [6.07, 6.45) is -8.81. The summed E-state index contributed by atoms with van der Waals surface area (Å²) in [5.74, 6) is -0.181. The molecule has 1 aromatic heterocycles. The van der Waals surface area contributed by atoms with Crippen LogP contribution in [0.3, 0.4) is 0 Å². The number of phenols is 1. The summed E-state index contributed by atoms with van der Waals surface area (Å²) >= 11 is 0. The van der Waals surface area contributed by atoms with E-state index in [9.17, 15) is 35.4 Å². The van der Waals surface area contributed by atoms with Crippen LogP contribution in [-0.2, 0) is 15.9 Å². The van der Waals surface area contributed by atoms with Crippen LogP contribution in [0.1, 0.15) is 19.4 Å². The maximum atomic E-state index is 11.6. The summed E-state index contributed by atoms with van der Waals surface area (Å²) in [6, 6.07) is 5.76. The van der Waals surface area contributed by atoms with Crippen molar-refractivity contribution < 1.29 is 44.5 Å². The lowest BCUT2D eigenvalue weighted by Gasteiger charge is -2.43. The topological polar surface area (TPSA) is 170 Å². The smallest absolute Gasteiger partial charge is 0.336 e. The molecule has 0 bridgehead atoms. The molecule has 6 atom stereocenters. The fourth-order valence-electron chi connectivity index (χ4n) is 3.36. The lowest BCUT2D eigenvalue weighted by molar-refractivity contribution is -0.331. The van der Waals surface area contributed by atoms with Crippen molar-refractivity contribution in [2.24, 2.45) is 0 Å². The Kier molecular flexibility index (Phi) is 6.48. The van der Waals surface area contributed by atoms with E-state index in [0.717, 1.165) is 0 Å². The third kappa shape index (κ3) is 4.35. The van der Waals surface area contributed by atoms with E-state index in [2.05, 4.69) is 0 Å². The second kappa shape index (κ2) is 8.60. The van der Waals surface area contributed by atoms with Crippen molar-refractivity contribution in [2.45, 2.75) is 62.7 Å². The van der Waals surface area contributed by atoms with Crippen LogP contribution in [0.25, 0.3) is 11.0 Å². The Hall–Kier alpha value is -2.05. The molecular weight excluding hydrogens is 400 g/mol. The fourth-order valence-corrected chi connectivity index (χ4v) is 3.36. The van der Waals surface area contributed by atoms with Gasteiger partial charge in [-0.3, -0.25) is 0 Å². The van der Waals surface area contributed by atoms with Gasteiger partial charge in [0.05, 0.1) is 18.3 Å². The van der Waals surface area contributed by atoms with E-state index in [4.69, 9.17) is 13.9 Å². The maximum absolute atomic E-state index is 11.6. The predicted octanol–water partition coefficient (Wildman–Crippen LogP) is -1.00. The highest BCUT2D eigenvalue weighted by molar-refractivity contribution is 5.82. The van der Waals surface area contributed by atoms with Crippen LogP contribution in [0, 0.1) is 0 Å². The van der Waals surface area contributed by atoms with Gasteiger partial charge >= 0.3 is 5.63 Å². The van der Waals surface area contributed by atoms with Gasteiger partial charge in [0, 0.05) is 23.4 Å². The number of ether oxygens (including phenoxy) is 2. The molecule has 10 heteroatoms. The van der Waals surface area contributed by atoms with Crippen molar-refractivity contribution in [3.63, 3.8) is 0 Å². The molecule has 30 heavy (non-hydrogen) atoms. The minimum Gasteiger partial charge on any atom is -0.508 e. The molecule has 0 amide bonds. The van der Waals surface area contributed by atoms with Crippen LogP contribution in [-0.4, -0.2) is 79.7 Å². The molecule has 1 aromatic carbocycles. The van der Waals surface area contributed by atoms with Crippen LogP contribution in [0.5, 0.6) is 5.75 Å². The molecule has 166 valence electrons. The lowest BCUT2D eigenvalue weighted by Crippen LogP contribution is -2.61. The van der Waals surface area contributed by atoms with Gasteiger partial charge in [-0.1, -0.05) is 0 Å². The second-order valence-corrected chi connectivity index (χ2v) is 7.87. The Bertz CT molecular complexity index is 937. The highest BCUT2D eigenvalue weighted by Gasteiger charge is 2.47. The lowest BCUT2D eigenvalue weighted by atomic mass is 9.92. The third-order valence-corrected chi connectivity index (χ3v) is 5.34. The number of aliphatic hydroxyl groups excluding tert-OH is 5. The van der Waals surface area contributed by atoms with Gasteiger partial charge in [0.2, 0.25) is 0 Å². The molecule has 0 saturated carbocycles. The van der Waals surface area contributed by atoms with Crippen molar-refractivity contribution in [1.29, 1.82) is 0 Å². The Morgan fingerprint density at radius 2 is 1.77 bits per heavy atom. The van der Waals surface area contributed by atoms with Crippen LogP contribution in [0.4, 0.5) is 0 Å². The van der Waals surface area contributed by atoms with Gasteiger partial charge in [-0.15, -0.1) is 0 Å². The van der Waals surface area contributed by atoms with Crippen molar-refractivity contribution in [3.05, 3.63) is 40.2 Å². The molecule has 0 aliphatic carbocycles. The first-order valence-electron chi connectivity index (χ1n) is 9.46. The molecular formula is C20H26O10. The minimum absolute atomic E-state index is 0.130. The maximum Gasteiger partial charge on any atom is 0.336 e. The van der Waals surface area contributed by atoms with E-state index in [-0.39, 0.29) is 23.3 Å². The number of fused-ring (bicyclic) bond motifs is 1. The first kappa shape index (κ1) is 22.6. The fraction of sp³-hybridized carbons (Fsp3) is 0.550. The van der Waals surface area contributed by atoms with Gasteiger partial charge in [-0.2, -0.15) is 0 Å². The zero-order valence-electron chi connectivity index (χ0n) is 16.5. The number of phenolic OH excluding ortho intramolecular Hbond substituents is 1. The van der Waals surface area contributed by atoms with E-state index in [1.54, 1.807) is 6.07 Å². The summed E-state index contributed by atoms with van der Waals surface area (Å²) in [5, 5.41) is 60.8. The number of hydrogen-bond donors (Lipinski definition) is 6. The standard InChI is InChI=1S/C20H26O10/c1-20(2,30-19-17(27)16(26)15(25)12(8-21)28-19)13(23)7-10-11(22)5-3-9-4-6-14(24)29-18(9)10/h3-6,12-13,15-17,19,21-23,25-27H,7-8H2,1-2H3/t12-,13+,15-,16+,17-,19+/m1/s1. The van der Waals surface area contributed by atoms with Crippen LogP contribution >= 0.6 is 0 Å². The molecule has 0 radical (unpaired) electrons. The molecule has 0 spiro atoms. The summed E-state index contributed by atoms with van der Waals surface area (Å²) in [4.78, 5) is 11.6. The Morgan fingerprint density at radius 3 is 2.43 bits per heavy atom. The number of benzene rings is 1. The van der Waals surface area contributed by atoms with Gasteiger partial charge in [0.25, 0.3) is 0 Å². The number of aliphatic hydroxyl groups is 5. The van der Waals surface area contributed by atoms with E-state index < -0.39 is 54.6 Å². The molecule has 2 heterocycles. The van der Waals surface area contributed by atoms with E-state index >= 15 is 0 Å². The van der Waals surface area contributed by atoms with E-state index in [1.165, 1.54) is 32.0 Å². The van der Waals surface area contributed by atoms with Crippen LogP contribution < -0.4 is 5.63 Å².